The zero-order valence-electron chi connectivity index (χ0n) is 18.2. The van der Waals surface area contributed by atoms with E-state index in [1.54, 1.807) is 31.2 Å². The molecule has 0 aromatic heterocycles. The van der Waals surface area contributed by atoms with Crippen LogP contribution in [0.4, 0.5) is 0 Å². The number of aryl methyl sites for hydroxylation is 2. The number of hydrogen-bond acceptors (Lipinski definition) is 6. The average Bonchev–Trinajstić information content (AvgIpc) is 2.77. The van der Waals surface area contributed by atoms with Gasteiger partial charge in [-0.25, -0.2) is 4.79 Å². The van der Waals surface area contributed by atoms with Gasteiger partial charge in [0.25, 0.3) is 11.8 Å². The van der Waals surface area contributed by atoms with Crippen LogP contribution in [0.1, 0.15) is 41.8 Å². The summed E-state index contributed by atoms with van der Waals surface area (Å²) in [5, 5.41) is 0. The second-order valence-corrected chi connectivity index (χ2v) is 6.97. The summed E-state index contributed by atoms with van der Waals surface area (Å²) in [6.45, 7) is 7.34. The highest BCUT2D eigenvalue weighted by atomic mass is 16.5. The van der Waals surface area contributed by atoms with Crippen molar-refractivity contribution in [2.24, 2.45) is 0 Å². The number of nitrogens with one attached hydrogen (secondary N) is 2. The van der Waals surface area contributed by atoms with Crippen LogP contribution in [0.15, 0.2) is 42.5 Å². The van der Waals surface area contributed by atoms with Crippen molar-refractivity contribution in [2.45, 2.75) is 40.2 Å². The zero-order chi connectivity index (χ0) is 22.8. The SMILES string of the molecule is CCCOC(=O)c1ccc(OCC(=O)NNC(=O)C(C)Oc2c(C)cccc2C)cc1. The highest BCUT2D eigenvalue weighted by Crippen LogP contribution is 2.23. The van der Waals surface area contributed by atoms with Crippen LogP contribution in [0.25, 0.3) is 0 Å². The number of benzene rings is 2. The number of esters is 1. The van der Waals surface area contributed by atoms with Gasteiger partial charge in [-0.05, 0) is 62.6 Å². The minimum absolute atomic E-state index is 0.313. The third-order valence-corrected chi connectivity index (χ3v) is 4.29. The minimum atomic E-state index is -0.805. The molecule has 1 unspecified atom stereocenters. The maximum absolute atomic E-state index is 12.2. The van der Waals surface area contributed by atoms with Crippen molar-refractivity contribution in [1.29, 1.82) is 0 Å². The second kappa shape index (κ2) is 11.6. The van der Waals surface area contributed by atoms with Gasteiger partial charge in [0, 0.05) is 0 Å². The molecule has 0 saturated carbocycles. The molecule has 8 nitrogen and oxygen atoms in total. The first-order valence-corrected chi connectivity index (χ1v) is 10.0. The van der Waals surface area contributed by atoms with Gasteiger partial charge in [0.2, 0.25) is 0 Å². The molecule has 0 bridgehead atoms. The summed E-state index contributed by atoms with van der Waals surface area (Å²) < 4.78 is 16.1. The summed E-state index contributed by atoms with van der Waals surface area (Å²) >= 11 is 0. The van der Waals surface area contributed by atoms with Crippen LogP contribution in [0, 0.1) is 13.8 Å². The summed E-state index contributed by atoms with van der Waals surface area (Å²) in [5.41, 5.74) is 6.84. The Hall–Kier alpha value is -3.55. The molecule has 31 heavy (non-hydrogen) atoms. The monoisotopic (exact) mass is 428 g/mol. The molecule has 0 aliphatic heterocycles. The Morgan fingerprint density at radius 1 is 0.968 bits per heavy atom. The van der Waals surface area contributed by atoms with Crippen LogP contribution in [-0.4, -0.2) is 37.1 Å². The standard InChI is InChI=1S/C23H28N2O6/c1-5-13-29-23(28)18-9-11-19(12-10-18)30-14-20(26)24-25-22(27)17(4)31-21-15(2)7-6-8-16(21)3/h6-12,17H,5,13-14H2,1-4H3,(H,24,26)(H,25,27). The predicted octanol–water partition coefficient (Wildman–Crippen LogP) is 2.86. The van der Waals surface area contributed by atoms with Gasteiger partial charge in [0.15, 0.2) is 12.7 Å². The van der Waals surface area contributed by atoms with Crippen LogP contribution >= 0.6 is 0 Å². The lowest BCUT2D eigenvalue weighted by Crippen LogP contribution is -2.48. The van der Waals surface area contributed by atoms with Crippen molar-refractivity contribution < 1.29 is 28.6 Å². The quantitative estimate of drug-likeness (QED) is 0.470. The molecule has 0 radical (unpaired) electrons. The number of rotatable bonds is 9. The van der Waals surface area contributed by atoms with E-state index in [0.717, 1.165) is 17.5 Å². The lowest BCUT2D eigenvalue weighted by molar-refractivity contribution is -0.133. The van der Waals surface area contributed by atoms with Gasteiger partial charge >= 0.3 is 5.97 Å². The van der Waals surface area contributed by atoms with Gasteiger partial charge < -0.3 is 14.2 Å². The summed E-state index contributed by atoms with van der Waals surface area (Å²) in [4.78, 5) is 35.9. The molecule has 0 heterocycles. The van der Waals surface area contributed by atoms with Crippen molar-refractivity contribution >= 4 is 17.8 Å². The fraction of sp³-hybridized carbons (Fsp3) is 0.348. The maximum Gasteiger partial charge on any atom is 0.338 e. The van der Waals surface area contributed by atoms with E-state index in [-0.39, 0.29) is 6.61 Å². The minimum Gasteiger partial charge on any atom is -0.484 e. The van der Waals surface area contributed by atoms with E-state index in [0.29, 0.717) is 23.7 Å². The molecule has 2 aromatic carbocycles. The van der Waals surface area contributed by atoms with Crippen LogP contribution < -0.4 is 20.3 Å². The molecule has 2 amide bonds. The highest BCUT2D eigenvalue weighted by Gasteiger charge is 2.17. The maximum atomic E-state index is 12.2. The summed E-state index contributed by atoms with van der Waals surface area (Å²) in [6, 6.07) is 11.9. The fourth-order valence-corrected chi connectivity index (χ4v) is 2.60. The van der Waals surface area contributed by atoms with Crippen LogP contribution in [0.2, 0.25) is 0 Å². The van der Waals surface area contributed by atoms with Crippen molar-refractivity contribution in [2.75, 3.05) is 13.2 Å². The number of hydrazine groups is 1. The molecule has 0 fully saturated rings. The molecule has 166 valence electrons. The van der Waals surface area contributed by atoms with E-state index < -0.39 is 23.9 Å². The Kier molecular flexibility index (Phi) is 8.87. The molecule has 8 heteroatoms. The summed E-state index contributed by atoms with van der Waals surface area (Å²) in [5.74, 6) is -0.404. The van der Waals surface area contributed by atoms with Gasteiger partial charge in [-0.15, -0.1) is 0 Å². The van der Waals surface area contributed by atoms with E-state index in [1.165, 1.54) is 0 Å². The molecule has 2 rings (SSSR count). The fourth-order valence-electron chi connectivity index (χ4n) is 2.60. The first-order chi connectivity index (χ1) is 14.8. The van der Waals surface area contributed by atoms with E-state index in [9.17, 15) is 14.4 Å². The number of ether oxygens (including phenoxy) is 3. The topological polar surface area (TPSA) is 103 Å². The van der Waals surface area contributed by atoms with Crippen LogP contribution in [-0.2, 0) is 14.3 Å². The smallest absolute Gasteiger partial charge is 0.338 e. The Morgan fingerprint density at radius 3 is 2.23 bits per heavy atom. The molecule has 2 aromatic rings. The summed E-state index contributed by atoms with van der Waals surface area (Å²) in [7, 11) is 0. The Balaban J connectivity index is 1.76. The van der Waals surface area contributed by atoms with E-state index >= 15 is 0 Å². The number of carbonyl (C=O) groups is 3. The second-order valence-electron chi connectivity index (χ2n) is 6.97. The predicted molar refractivity (Wildman–Crippen MR) is 115 cm³/mol. The van der Waals surface area contributed by atoms with Crippen molar-refractivity contribution in [3.05, 3.63) is 59.2 Å². The lowest BCUT2D eigenvalue weighted by atomic mass is 10.1. The Labute approximate surface area is 181 Å². The van der Waals surface area contributed by atoms with E-state index in [4.69, 9.17) is 14.2 Å². The molecule has 0 aliphatic rings. The third kappa shape index (κ3) is 7.33. The van der Waals surface area contributed by atoms with Crippen molar-refractivity contribution in [3.63, 3.8) is 0 Å². The van der Waals surface area contributed by atoms with Gasteiger partial charge in [0.1, 0.15) is 11.5 Å². The molecule has 0 saturated heterocycles. The number of carbonyl (C=O) groups excluding carboxylic acids is 3. The number of para-hydroxylation sites is 1. The van der Waals surface area contributed by atoms with Gasteiger partial charge in [-0.3, -0.25) is 20.4 Å². The summed E-state index contributed by atoms with van der Waals surface area (Å²) in [6.07, 6.45) is -0.0595. The Bertz CT molecular complexity index is 891. The van der Waals surface area contributed by atoms with Gasteiger partial charge in [-0.1, -0.05) is 25.1 Å². The normalized spacial score (nSPS) is 11.2. The van der Waals surface area contributed by atoms with Crippen molar-refractivity contribution in [3.8, 4) is 11.5 Å². The number of amides is 2. The molecular weight excluding hydrogens is 400 g/mol. The van der Waals surface area contributed by atoms with Crippen LogP contribution in [0.3, 0.4) is 0 Å². The highest BCUT2D eigenvalue weighted by molar-refractivity contribution is 5.89. The van der Waals surface area contributed by atoms with Crippen molar-refractivity contribution in [1.82, 2.24) is 10.9 Å². The van der Waals surface area contributed by atoms with Crippen LogP contribution in [0.5, 0.6) is 11.5 Å². The molecule has 0 spiro atoms. The zero-order valence-corrected chi connectivity index (χ0v) is 18.2. The average molecular weight is 428 g/mol. The molecule has 1 atom stereocenters. The number of hydrogen-bond donors (Lipinski definition) is 2. The van der Waals surface area contributed by atoms with E-state index in [1.807, 2.05) is 39.0 Å². The molecular formula is C23H28N2O6. The lowest BCUT2D eigenvalue weighted by Gasteiger charge is -2.18. The largest absolute Gasteiger partial charge is 0.484 e. The molecule has 2 N–H and O–H groups in total. The first kappa shape index (κ1) is 23.7. The third-order valence-electron chi connectivity index (χ3n) is 4.29. The first-order valence-electron chi connectivity index (χ1n) is 10.0. The van der Waals surface area contributed by atoms with Gasteiger partial charge in [0.05, 0.1) is 12.2 Å². The van der Waals surface area contributed by atoms with E-state index in [2.05, 4.69) is 10.9 Å². The molecule has 0 aliphatic carbocycles. The Morgan fingerprint density at radius 2 is 1.61 bits per heavy atom. The van der Waals surface area contributed by atoms with Gasteiger partial charge in [-0.2, -0.15) is 0 Å².